The molecule has 2 atom stereocenters. The largest absolute Gasteiger partial charge is 0.349 e. The van der Waals surface area contributed by atoms with Crippen molar-refractivity contribution in [2.75, 3.05) is 6.61 Å². The van der Waals surface area contributed by atoms with E-state index in [9.17, 15) is 0 Å². The van der Waals surface area contributed by atoms with Crippen LogP contribution in [-0.2, 0) is 9.47 Å². The van der Waals surface area contributed by atoms with Gasteiger partial charge in [0.05, 0.1) is 6.61 Å². The molecule has 58 valence electrons. The lowest BCUT2D eigenvalue weighted by molar-refractivity contribution is -0.0813. The van der Waals surface area contributed by atoms with Crippen LogP contribution in [-0.4, -0.2) is 19.0 Å². The third kappa shape index (κ3) is 1.58. The van der Waals surface area contributed by atoms with Crippen molar-refractivity contribution >= 4 is 0 Å². The Morgan fingerprint density at radius 1 is 1.60 bits per heavy atom. The SMILES string of the molecule is C=CC1COC(C(C)C)O1. The second-order valence-corrected chi connectivity index (χ2v) is 2.86. The van der Waals surface area contributed by atoms with Gasteiger partial charge in [0.15, 0.2) is 6.29 Å². The molecule has 0 aromatic carbocycles. The van der Waals surface area contributed by atoms with Gasteiger partial charge in [0, 0.05) is 5.92 Å². The molecule has 0 aromatic rings. The summed E-state index contributed by atoms with van der Waals surface area (Å²) in [4.78, 5) is 0. The summed E-state index contributed by atoms with van der Waals surface area (Å²) in [6.45, 7) is 8.45. The number of rotatable bonds is 2. The summed E-state index contributed by atoms with van der Waals surface area (Å²) in [5.41, 5.74) is 0. The van der Waals surface area contributed by atoms with E-state index in [-0.39, 0.29) is 12.4 Å². The van der Waals surface area contributed by atoms with E-state index in [4.69, 9.17) is 9.47 Å². The van der Waals surface area contributed by atoms with E-state index < -0.39 is 0 Å². The van der Waals surface area contributed by atoms with Crippen molar-refractivity contribution in [1.29, 1.82) is 0 Å². The minimum Gasteiger partial charge on any atom is -0.349 e. The Morgan fingerprint density at radius 2 is 2.30 bits per heavy atom. The van der Waals surface area contributed by atoms with Gasteiger partial charge in [-0.05, 0) is 0 Å². The first-order valence-electron chi connectivity index (χ1n) is 3.63. The van der Waals surface area contributed by atoms with E-state index in [0.717, 1.165) is 0 Å². The molecule has 1 rings (SSSR count). The van der Waals surface area contributed by atoms with Crippen LogP contribution in [0.2, 0.25) is 0 Å². The van der Waals surface area contributed by atoms with Crippen LogP contribution >= 0.6 is 0 Å². The molecule has 2 unspecified atom stereocenters. The van der Waals surface area contributed by atoms with Crippen molar-refractivity contribution in [3.05, 3.63) is 12.7 Å². The highest BCUT2D eigenvalue weighted by Gasteiger charge is 2.25. The zero-order valence-corrected chi connectivity index (χ0v) is 6.54. The summed E-state index contributed by atoms with van der Waals surface area (Å²) in [6.07, 6.45) is 1.86. The molecule has 1 aliphatic heterocycles. The number of hydrogen-bond acceptors (Lipinski definition) is 2. The van der Waals surface area contributed by atoms with Gasteiger partial charge in [-0.2, -0.15) is 0 Å². The highest BCUT2D eigenvalue weighted by Crippen LogP contribution is 2.18. The molecular formula is C8H14O2. The molecular weight excluding hydrogens is 128 g/mol. The van der Waals surface area contributed by atoms with Crippen LogP contribution in [0.1, 0.15) is 13.8 Å². The van der Waals surface area contributed by atoms with Crippen LogP contribution in [0.3, 0.4) is 0 Å². The molecule has 1 aliphatic rings. The third-order valence-corrected chi connectivity index (χ3v) is 1.54. The normalized spacial score (nSPS) is 33.1. The number of ether oxygens (including phenoxy) is 2. The third-order valence-electron chi connectivity index (χ3n) is 1.54. The zero-order valence-electron chi connectivity index (χ0n) is 6.54. The predicted molar refractivity (Wildman–Crippen MR) is 39.6 cm³/mol. The van der Waals surface area contributed by atoms with Crippen LogP contribution in [0.15, 0.2) is 12.7 Å². The molecule has 0 aromatic heterocycles. The summed E-state index contributed by atoms with van der Waals surface area (Å²) in [6, 6.07) is 0. The fourth-order valence-corrected chi connectivity index (χ4v) is 0.914. The maximum atomic E-state index is 5.43. The smallest absolute Gasteiger partial charge is 0.160 e. The quantitative estimate of drug-likeness (QED) is 0.545. The van der Waals surface area contributed by atoms with Crippen molar-refractivity contribution in [3.8, 4) is 0 Å². The Morgan fingerprint density at radius 3 is 2.60 bits per heavy atom. The van der Waals surface area contributed by atoms with Crippen LogP contribution in [0.5, 0.6) is 0 Å². The van der Waals surface area contributed by atoms with Gasteiger partial charge in [-0.3, -0.25) is 0 Å². The molecule has 0 saturated carbocycles. The molecule has 0 bridgehead atoms. The van der Waals surface area contributed by atoms with E-state index in [1.165, 1.54) is 0 Å². The molecule has 1 heterocycles. The average molecular weight is 142 g/mol. The first-order valence-corrected chi connectivity index (χ1v) is 3.63. The predicted octanol–water partition coefficient (Wildman–Crippen LogP) is 1.57. The zero-order chi connectivity index (χ0) is 7.56. The second kappa shape index (κ2) is 3.17. The first-order chi connectivity index (χ1) is 4.74. The van der Waals surface area contributed by atoms with Crippen molar-refractivity contribution in [1.82, 2.24) is 0 Å². The molecule has 2 nitrogen and oxygen atoms in total. The standard InChI is InChI=1S/C8H14O2/c1-4-7-5-9-8(10-7)6(2)3/h4,6-8H,1,5H2,2-3H3. The minimum atomic E-state index is -0.0250. The monoisotopic (exact) mass is 142 g/mol. The van der Waals surface area contributed by atoms with Gasteiger partial charge in [0.25, 0.3) is 0 Å². The number of hydrogen-bond donors (Lipinski definition) is 0. The Hall–Kier alpha value is -0.340. The summed E-state index contributed by atoms with van der Waals surface area (Å²) in [5.74, 6) is 0.435. The summed E-state index contributed by atoms with van der Waals surface area (Å²) >= 11 is 0. The fourth-order valence-electron chi connectivity index (χ4n) is 0.914. The van der Waals surface area contributed by atoms with E-state index in [0.29, 0.717) is 12.5 Å². The van der Waals surface area contributed by atoms with Crippen LogP contribution in [0.25, 0.3) is 0 Å². The lowest BCUT2D eigenvalue weighted by Gasteiger charge is -2.12. The van der Waals surface area contributed by atoms with E-state index >= 15 is 0 Å². The van der Waals surface area contributed by atoms with Crippen molar-refractivity contribution in [2.45, 2.75) is 26.2 Å². The van der Waals surface area contributed by atoms with Gasteiger partial charge < -0.3 is 9.47 Å². The average Bonchev–Trinajstić information content (AvgIpc) is 2.34. The fraction of sp³-hybridized carbons (Fsp3) is 0.750. The summed E-state index contributed by atoms with van der Waals surface area (Å²) in [5, 5.41) is 0. The molecule has 1 saturated heterocycles. The minimum absolute atomic E-state index is 0.0250. The van der Waals surface area contributed by atoms with E-state index in [1.807, 2.05) is 0 Å². The van der Waals surface area contributed by atoms with Crippen LogP contribution in [0, 0.1) is 5.92 Å². The summed E-state index contributed by atoms with van der Waals surface area (Å²) in [7, 11) is 0. The Labute approximate surface area is 61.8 Å². The van der Waals surface area contributed by atoms with Crippen LogP contribution < -0.4 is 0 Å². The highest BCUT2D eigenvalue weighted by atomic mass is 16.7. The Balaban J connectivity index is 2.35. The lowest BCUT2D eigenvalue weighted by Crippen LogP contribution is -2.16. The molecule has 0 N–H and O–H groups in total. The van der Waals surface area contributed by atoms with Crippen LogP contribution in [0.4, 0.5) is 0 Å². The maximum Gasteiger partial charge on any atom is 0.160 e. The highest BCUT2D eigenvalue weighted by molar-refractivity contribution is 4.83. The topological polar surface area (TPSA) is 18.5 Å². The first kappa shape index (κ1) is 7.76. The molecule has 10 heavy (non-hydrogen) atoms. The van der Waals surface area contributed by atoms with Gasteiger partial charge in [-0.15, -0.1) is 6.58 Å². The van der Waals surface area contributed by atoms with Gasteiger partial charge in [0.1, 0.15) is 6.10 Å². The lowest BCUT2D eigenvalue weighted by atomic mass is 10.2. The van der Waals surface area contributed by atoms with Crippen molar-refractivity contribution < 1.29 is 9.47 Å². The molecule has 1 fully saturated rings. The summed E-state index contributed by atoms with van der Waals surface area (Å²) < 4.78 is 10.8. The Bertz CT molecular complexity index is 120. The van der Waals surface area contributed by atoms with Gasteiger partial charge in [0.2, 0.25) is 0 Å². The van der Waals surface area contributed by atoms with Gasteiger partial charge in [-0.25, -0.2) is 0 Å². The van der Waals surface area contributed by atoms with Gasteiger partial charge in [-0.1, -0.05) is 19.9 Å². The molecule has 0 radical (unpaired) electrons. The van der Waals surface area contributed by atoms with E-state index in [2.05, 4.69) is 20.4 Å². The second-order valence-electron chi connectivity index (χ2n) is 2.86. The van der Waals surface area contributed by atoms with Gasteiger partial charge >= 0.3 is 0 Å². The van der Waals surface area contributed by atoms with Crippen molar-refractivity contribution in [2.24, 2.45) is 5.92 Å². The molecule has 0 spiro atoms. The molecule has 0 aliphatic carbocycles. The van der Waals surface area contributed by atoms with E-state index in [1.54, 1.807) is 6.08 Å². The molecule has 2 heteroatoms. The van der Waals surface area contributed by atoms with Crippen molar-refractivity contribution in [3.63, 3.8) is 0 Å². The molecule has 0 amide bonds. The maximum absolute atomic E-state index is 5.43. The Kier molecular flexibility index (Phi) is 2.46.